The lowest BCUT2D eigenvalue weighted by Gasteiger charge is -2.26. The molecule has 2 N–H and O–H groups in total. The highest BCUT2D eigenvalue weighted by molar-refractivity contribution is 9.10. The van der Waals surface area contributed by atoms with E-state index >= 15 is 0 Å². The summed E-state index contributed by atoms with van der Waals surface area (Å²) in [5.41, 5.74) is 6.08. The van der Waals surface area contributed by atoms with Crippen LogP contribution in [0, 0.1) is 0 Å². The molecule has 0 aliphatic heterocycles. The molecular weight excluding hydrogens is 316 g/mol. The third kappa shape index (κ3) is 3.05. The summed E-state index contributed by atoms with van der Waals surface area (Å²) in [6.45, 7) is 6.13. The highest BCUT2D eigenvalue weighted by atomic mass is 79.9. The number of nitrogen functional groups attached to an aromatic ring is 1. The van der Waals surface area contributed by atoms with Crippen LogP contribution in [0.25, 0.3) is 0 Å². The summed E-state index contributed by atoms with van der Waals surface area (Å²) >= 11 is 3.27. The smallest absolute Gasteiger partial charge is 0.245 e. The second-order valence-corrected chi connectivity index (χ2v) is 6.92. The number of anilines is 1. The molecular formula is C12H19BrN2O2S. The number of benzene rings is 1. The van der Waals surface area contributed by atoms with Crippen LogP contribution < -0.4 is 5.73 Å². The van der Waals surface area contributed by atoms with E-state index in [4.69, 9.17) is 5.73 Å². The van der Waals surface area contributed by atoms with E-state index in [1.54, 1.807) is 18.2 Å². The number of rotatable bonds is 5. The molecule has 0 bridgehead atoms. The number of halogens is 1. The Morgan fingerprint density at radius 1 is 1.39 bits per heavy atom. The molecule has 4 nitrogen and oxygen atoms in total. The molecule has 0 radical (unpaired) electrons. The first-order chi connectivity index (χ1) is 8.34. The van der Waals surface area contributed by atoms with Crippen molar-refractivity contribution in [3.05, 3.63) is 22.7 Å². The quantitative estimate of drug-likeness (QED) is 0.842. The van der Waals surface area contributed by atoms with Gasteiger partial charge >= 0.3 is 0 Å². The van der Waals surface area contributed by atoms with Gasteiger partial charge in [-0.15, -0.1) is 0 Å². The van der Waals surface area contributed by atoms with Crippen LogP contribution in [-0.2, 0) is 10.0 Å². The van der Waals surface area contributed by atoms with Crippen LogP contribution >= 0.6 is 15.9 Å². The number of hydrogen-bond acceptors (Lipinski definition) is 3. The van der Waals surface area contributed by atoms with Gasteiger partial charge in [-0.05, 0) is 31.5 Å². The van der Waals surface area contributed by atoms with E-state index in [1.165, 1.54) is 4.31 Å². The van der Waals surface area contributed by atoms with Gasteiger partial charge in [-0.25, -0.2) is 8.42 Å². The van der Waals surface area contributed by atoms with Gasteiger partial charge in [0, 0.05) is 17.1 Å². The molecule has 1 unspecified atom stereocenters. The summed E-state index contributed by atoms with van der Waals surface area (Å²) < 4.78 is 27.3. The molecule has 6 heteroatoms. The molecule has 1 atom stereocenters. The molecule has 1 aromatic carbocycles. The van der Waals surface area contributed by atoms with Crippen LogP contribution in [0.4, 0.5) is 5.69 Å². The van der Waals surface area contributed by atoms with Gasteiger partial charge < -0.3 is 5.73 Å². The fraction of sp³-hybridized carbons (Fsp3) is 0.500. The van der Waals surface area contributed by atoms with Crippen LogP contribution in [0.2, 0.25) is 0 Å². The molecule has 1 rings (SSSR count). The van der Waals surface area contributed by atoms with Gasteiger partial charge in [0.1, 0.15) is 4.90 Å². The van der Waals surface area contributed by atoms with E-state index in [2.05, 4.69) is 15.9 Å². The van der Waals surface area contributed by atoms with Crippen molar-refractivity contribution in [2.24, 2.45) is 0 Å². The minimum atomic E-state index is -3.52. The van der Waals surface area contributed by atoms with Crippen LogP contribution in [0.15, 0.2) is 27.6 Å². The second-order valence-electron chi connectivity index (χ2n) is 4.15. The first-order valence-corrected chi connectivity index (χ1v) is 8.14. The fourth-order valence-corrected chi connectivity index (χ4v) is 3.99. The lowest BCUT2D eigenvalue weighted by molar-refractivity contribution is 0.342. The van der Waals surface area contributed by atoms with E-state index in [1.807, 2.05) is 20.8 Å². The zero-order valence-electron chi connectivity index (χ0n) is 10.9. The van der Waals surface area contributed by atoms with Crippen LogP contribution in [0.5, 0.6) is 0 Å². The third-order valence-electron chi connectivity index (χ3n) is 2.95. The number of hydrogen-bond donors (Lipinski definition) is 1. The van der Waals surface area contributed by atoms with E-state index in [0.29, 0.717) is 6.54 Å². The Kier molecular flexibility index (Phi) is 5.19. The monoisotopic (exact) mass is 334 g/mol. The predicted molar refractivity (Wildman–Crippen MR) is 77.9 cm³/mol. The zero-order valence-corrected chi connectivity index (χ0v) is 13.3. The molecule has 0 aliphatic rings. The Labute approximate surface area is 117 Å². The Bertz CT molecular complexity index is 517. The Hall–Kier alpha value is -0.590. The van der Waals surface area contributed by atoms with Crippen molar-refractivity contribution in [3.8, 4) is 0 Å². The molecule has 18 heavy (non-hydrogen) atoms. The second kappa shape index (κ2) is 6.04. The highest BCUT2D eigenvalue weighted by Crippen LogP contribution is 2.27. The van der Waals surface area contributed by atoms with Crippen molar-refractivity contribution >= 4 is 31.6 Å². The SMILES string of the molecule is CCC(C)N(CC)S(=O)(=O)c1ccc(Br)cc1N. The van der Waals surface area contributed by atoms with Gasteiger partial charge in [0.05, 0.1) is 5.69 Å². The molecule has 0 aliphatic carbocycles. The van der Waals surface area contributed by atoms with E-state index in [0.717, 1.165) is 10.9 Å². The summed E-state index contributed by atoms with van der Waals surface area (Å²) in [4.78, 5) is 0.174. The third-order valence-corrected chi connectivity index (χ3v) is 5.61. The summed E-state index contributed by atoms with van der Waals surface area (Å²) in [5.74, 6) is 0. The Morgan fingerprint density at radius 3 is 2.44 bits per heavy atom. The van der Waals surface area contributed by atoms with Gasteiger partial charge in [-0.2, -0.15) is 4.31 Å². The predicted octanol–water partition coefficient (Wildman–Crippen LogP) is 2.84. The van der Waals surface area contributed by atoms with E-state index < -0.39 is 10.0 Å². The van der Waals surface area contributed by atoms with Gasteiger partial charge in [0.2, 0.25) is 10.0 Å². The van der Waals surface area contributed by atoms with Gasteiger partial charge in [0.15, 0.2) is 0 Å². The molecule has 0 aromatic heterocycles. The average Bonchev–Trinajstić information content (AvgIpc) is 2.28. The van der Waals surface area contributed by atoms with Crippen molar-refractivity contribution in [1.29, 1.82) is 0 Å². The maximum atomic E-state index is 12.5. The summed E-state index contributed by atoms with van der Waals surface area (Å²) in [5, 5.41) is 0. The van der Waals surface area contributed by atoms with Crippen LogP contribution in [0.3, 0.4) is 0 Å². The first-order valence-electron chi connectivity index (χ1n) is 5.91. The van der Waals surface area contributed by atoms with Crippen LogP contribution in [0.1, 0.15) is 27.2 Å². The van der Waals surface area contributed by atoms with Gasteiger partial charge in [-0.3, -0.25) is 0 Å². The first kappa shape index (κ1) is 15.5. The normalized spacial score (nSPS) is 13.8. The molecule has 1 aromatic rings. The van der Waals surface area contributed by atoms with Crippen molar-refractivity contribution in [2.75, 3.05) is 12.3 Å². The minimum absolute atomic E-state index is 0.0388. The maximum absolute atomic E-state index is 12.5. The lowest BCUT2D eigenvalue weighted by atomic mass is 10.3. The summed E-state index contributed by atoms with van der Waals surface area (Å²) in [6, 6.07) is 4.80. The molecule has 0 amide bonds. The van der Waals surface area contributed by atoms with Crippen molar-refractivity contribution < 1.29 is 8.42 Å². The van der Waals surface area contributed by atoms with Gasteiger partial charge in [0.25, 0.3) is 0 Å². The Morgan fingerprint density at radius 2 is 2.00 bits per heavy atom. The minimum Gasteiger partial charge on any atom is -0.398 e. The van der Waals surface area contributed by atoms with Crippen molar-refractivity contribution in [3.63, 3.8) is 0 Å². The number of sulfonamides is 1. The molecule has 0 saturated heterocycles. The molecule has 0 saturated carbocycles. The van der Waals surface area contributed by atoms with E-state index in [9.17, 15) is 8.42 Å². The summed E-state index contributed by atoms with van der Waals surface area (Å²) in [7, 11) is -3.52. The van der Waals surface area contributed by atoms with E-state index in [-0.39, 0.29) is 16.6 Å². The fourth-order valence-electron chi connectivity index (χ4n) is 1.80. The number of nitrogens with two attached hydrogens (primary N) is 1. The lowest BCUT2D eigenvalue weighted by Crippen LogP contribution is -2.38. The summed E-state index contributed by atoms with van der Waals surface area (Å²) in [6.07, 6.45) is 0.767. The van der Waals surface area contributed by atoms with Crippen LogP contribution in [-0.4, -0.2) is 25.3 Å². The average molecular weight is 335 g/mol. The topological polar surface area (TPSA) is 63.4 Å². The molecule has 0 spiro atoms. The van der Waals surface area contributed by atoms with Gasteiger partial charge in [-0.1, -0.05) is 29.8 Å². The standard InChI is InChI=1S/C12H19BrN2O2S/c1-4-9(3)15(5-2)18(16,17)12-7-6-10(13)8-11(12)14/h6-9H,4-5,14H2,1-3H3. The molecule has 102 valence electrons. The molecule has 0 heterocycles. The van der Waals surface area contributed by atoms with Crippen molar-refractivity contribution in [1.82, 2.24) is 4.31 Å². The molecule has 0 fully saturated rings. The zero-order chi connectivity index (χ0) is 13.9. The number of nitrogens with zero attached hydrogens (tertiary/aromatic N) is 1. The highest BCUT2D eigenvalue weighted by Gasteiger charge is 2.28. The Balaban J connectivity index is 3.27. The largest absolute Gasteiger partial charge is 0.398 e. The maximum Gasteiger partial charge on any atom is 0.245 e. The van der Waals surface area contributed by atoms with Crippen molar-refractivity contribution in [2.45, 2.75) is 38.1 Å².